The van der Waals surface area contributed by atoms with Crippen molar-refractivity contribution >= 4 is 38.0 Å². The fourth-order valence-corrected chi connectivity index (χ4v) is 7.42. The molecule has 2 aliphatic rings. The number of carboxylic acids is 1. The van der Waals surface area contributed by atoms with Gasteiger partial charge in [-0.15, -0.1) is 5.75 Å². The molecule has 8 N–H and O–H groups in total. The minimum absolute atomic E-state index is 0.0740. The van der Waals surface area contributed by atoms with Crippen LogP contribution >= 0.6 is 15.2 Å². The molecule has 5 rings (SSSR count). The average Bonchev–Trinajstić information content (AvgIpc) is 3.01. The van der Waals surface area contributed by atoms with E-state index < -0.39 is 44.7 Å². The number of carboxylic acid groups (broad SMARTS) is 1. The molecular formula is C31H28N2O14P2. The predicted molar refractivity (Wildman–Crippen MR) is 169 cm³/mol. The van der Waals surface area contributed by atoms with Gasteiger partial charge in [0.1, 0.15) is 17.4 Å². The molecule has 3 aromatic rings. The highest BCUT2D eigenvalue weighted by Gasteiger charge is 2.59. The first kappa shape index (κ1) is 35.5. The summed E-state index contributed by atoms with van der Waals surface area (Å²) in [5.74, 6) is -2.38. The minimum atomic E-state index is -5.70. The number of amides is 1. The van der Waals surface area contributed by atoms with Crippen molar-refractivity contribution in [1.82, 2.24) is 5.32 Å². The predicted octanol–water partition coefficient (Wildman–Crippen LogP) is 0.959. The van der Waals surface area contributed by atoms with Gasteiger partial charge in [0.05, 0.1) is 12.1 Å². The van der Waals surface area contributed by atoms with E-state index in [1.807, 2.05) is 0 Å². The summed E-state index contributed by atoms with van der Waals surface area (Å²) in [7, 11) is -11.4. The molecule has 0 saturated heterocycles. The van der Waals surface area contributed by atoms with Crippen LogP contribution in [0.4, 0.5) is 0 Å². The van der Waals surface area contributed by atoms with Crippen LogP contribution in [0.2, 0.25) is 0 Å². The maximum atomic E-state index is 13.0. The van der Waals surface area contributed by atoms with Gasteiger partial charge in [-0.2, -0.15) is 0 Å². The van der Waals surface area contributed by atoms with Crippen molar-refractivity contribution in [3.05, 3.63) is 106 Å². The second kappa shape index (κ2) is 13.3. The number of nitrogens with one attached hydrogen (secondary N) is 1. The molecule has 1 amide bonds. The zero-order valence-electron chi connectivity index (χ0n) is 25.0. The normalized spacial score (nSPS) is 13.0. The summed E-state index contributed by atoms with van der Waals surface area (Å²) in [5, 5.41) is 42.2. The van der Waals surface area contributed by atoms with Gasteiger partial charge >= 0.3 is 21.2 Å². The molecule has 1 atom stereocenters. The Morgan fingerprint density at radius 1 is 0.959 bits per heavy atom. The van der Waals surface area contributed by atoms with E-state index in [2.05, 4.69) is 5.32 Å². The van der Waals surface area contributed by atoms with E-state index in [-0.39, 0.29) is 57.9 Å². The molecule has 0 spiro atoms. The molecule has 0 radical (unpaired) electrons. The third-order valence-electron chi connectivity index (χ3n) is 7.66. The molecule has 49 heavy (non-hydrogen) atoms. The Kier molecular flexibility index (Phi) is 9.63. The summed E-state index contributed by atoms with van der Waals surface area (Å²) >= 11 is 0. The standard InChI is InChI=1S/C31H28N2O14P2/c34-19-4-7-23-26(11-19)47-27-12-20(35)5-8-24(27)28(23)22-6-3-18(10-25(22)30(38)39)29(37)32-14-21(36)16-33-9-1-2-17(15-33)13-31(40,48(41,42)43)49(44,45)46/h1-12,15,21,36,40H,13-14,16H2,(H6-,32,34,35,37,38,39,41,42,43,44,45,46). The van der Waals surface area contributed by atoms with Gasteiger partial charge in [0.2, 0.25) is 0 Å². The number of aromatic carboxylic acids is 1. The molecule has 1 unspecified atom stereocenters. The quantitative estimate of drug-likeness (QED) is 0.0538. The molecule has 1 aromatic heterocycles. The Balaban J connectivity index is 1.36. The van der Waals surface area contributed by atoms with E-state index in [4.69, 9.17) is 4.42 Å². The Hall–Kier alpha value is -4.76. The fraction of sp³-hybridized carbons (Fsp3) is 0.161. The van der Waals surface area contributed by atoms with E-state index in [0.29, 0.717) is 16.5 Å². The molecule has 0 saturated carbocycles. The molecule has 2 aromatic carbocycles. The SMILES string of the molecule is O=C(NCC(O)C[n+]1cccc(CC(O)(P(=O)(O)O)P(=O)(O)O)c1)c1ccc(-c2c3ccc(=O)cc-3oc3cc([O-])ccc23)c(C(=O)O)c1. The van der Waals surface area contributed by atoms with Gasteiger partial charge in [-0.1, -0.05) is 18.2 Å². The number of rotatable bonds is 11. The third-order valence-corrected chi connectivity index (χ3v) is 11.4. The smallest absolute Gasteiger partial charge is 0.369 e. The lowest BCUT2D eigenvalue weighted by atomic mass is 9.90. The molecule has 2 heterocycles. The van der Waals surface area contributed by atoms with E-state index in [9.17, 15) is 63.5 Å². The van der Waals surface area contributed by atoms with Crippen molar-refractivity contribution < 1.29 is 67.7 Å². The number of nitrogens with zero attached hydrogens (tertiary/aromatic N) is 1. The fourth-order valence-electron chi connectivity index (χ4n) is 5.29. The van der Waals surface area contributed by atoms with Crippen LogP contribution in [0.25, 0.3) is 33.4 Å². The Bertz CT molecular complexity index is 2200. The minimum Gasteiger partial charge on any atom is -0.872 e. The molecular weight excluding hydrogens is 686 g/mol. The van der Waals surface area contributed by atoms with Crippen LogP contribution in [-0.2, 0) is 22.1 Å². The van der Waals surface area contributed by atoms with Crippen LogP contribution < -0.4 is 20.4 Å². The van der Waals surface area contributed by atoms with Crippen molar-refractivity contribution in [2.75, 3.05) is 6.54 Å². The Morgan fingerprint density at radius 2 is 1.65 bits per heavy atom. The number of carbonyl (C=O) groups is 2. The van der Waals surface area contributed by atoms with Gasteiger partial charge in [-0.05, 0) is 42.0 Å². The average molecular weight is 715 g/mol. The number of aromatic nitrogens is 1. The lowest BCUT2D eigenvalue weighted by Gasteiger charge is -2.28. The van der Waals surface area contributed by atoms with Gasteiger partial charge in [0.15, 0.2) is 24.4 Å². The van der Waals surface area contributed by atoms with Gasteiger partial charge < -0.3 is 49.7 Å². The third kappa shape index (κ3) is 7.32. The zero-order chi connectivity index (χ0) is 35.9. The lowest BCUT2D eigenvalue weighted by molar-refractivity contribution is -0.703. The highest BCUT2D eigenvalue weighted by Crippen LogP contribution is 2.68. The van der Waals surface area contributed by atoms with E-state index in [1.54, 1.807) is 0 Å². The summed E-state index contributed by atoms with van der Waals surface area (Å²) in [5.41, 5.74) is 0.239. The summed E-state index contributed by atoms with van der Waals surface area (Å²) in [6.07, 6.45) is 0.229. The largest absolute Gasteiger partial charge is 0.872 e. The number of fused-ring (bicyclic) bond motifs is 2. The van der Waals surface area contributed by atoms with Crippen LogP contribution in [0.5, 0.6) is 5.75 Å². The second-order valence-electron chi connectivity index (χ2n) is 11.2. The number of carbonyl (C=O) groups excluding carboxylic acids is 1. The van der Waals surface area contributed by atoms with Crippen LogP contribution in [0, 0.1) is 0 Å². The molecule has 18 heteroatoms. The van der Waals surface area contributed by atoms with E-state index in [0.717, 1.165) is 6.07 Å². The number of hydrogen-bond donors (Lipinski definition) is 8. The molecule has 1 aliphatic carbocycles. The number of pyridine rings is 1. The van der Waals surface area contributed by atoms with Crippen molar-refractivity contribution in [2.45, 2.75) is 24.2 Å². The van der Waals surface area contributed by atoms with Gasteiger partial charge in [-0.25, -0.2) is 9.36 Å². The molecule has 16 nitrogen and oxygen atoms in total. The lowest BCUT2D eigenvalue weighted by Crippen LogP contribution is -2.44. The summed E-state index contributed by atoms with van der Waals surface area (Å²) in [6.45, 7) is -0.563. The van der Waals surface area contributed by atoms with E-state index in [1.165, 1.54) is 77.6 Å². The van der Waals surface area contributed by atoms with Crippen LogP contribution in [0.1, 0.15) is 26.3 Å². The monoisotopic (exact) mass is 714 g/mol. The molecule has 1 aliphatic heterocycles. The second-order valence-corrected chi connectivity index (χ2v) is 15.2. The molecule has 0 bridgehead atoms. The first-order valence-electron chi connectivity index (χ1n) is 14.2. The van der Waals surface area contributed by atoms with Gasteiger partial charge in [0.25, 0.3) is 11.0 Å². The van der Waals surface area contributed by atoms with Crippen LogP contribution in [-0.4, -0.2) is 64.5 Å². The van der Waals surface area contributed by atoms with Gasteiger partial charge in [-0.3, -0.25) is 18.7 Å². The highest BCUT2D eigenvalue weighted by atomic mass is 31.2. The Labute approximate surface area is 275 Å². The summed E-state index contributed by atoms with van der Waals surface area (Å²) < 4.78 is 30.5. The summed E-state index contributed by atoms with van der Waals surface area (Å²) in [6, 6.07) is 14.4. The van der Waals surface area contributed by atoms with Crippen molar-refractivity contribution in [2.24, 2.45) is 0 Å². The number of aliphatic hydroxyl groups excluding tert-OH is 1. The van der Waals surface area contributed by atoms with Gasteiger partial charge in [0, 0.05) is 46.2 Å². The maximum Gasteiger partial charge on any atom is 0.369 e. The van der Waals surface area contributed by atoms with Crippen molar-refractivity contribution in [1.29, 1.82) is 0 Å². The zero-order valence-corrected chi connectivity index (χ0v) is 26.8. The topological polar surface area (TPSA) is 279 Å². The summed E-state index contributed by atoms with van der Waals surface area (Å²) in [4.78, 5) is 75.2. The first-order chi connectivity index (χ1) is 22.9. The van der Waals surface area contributed by atoms with Crippen molar-refractivity contribution in [3.8, 4) is 28.2 Å². The first-order valence-corrected chi connectivity index (χ1v) is 17.4. The Morgan fingerprint density at radius 3 is 2.33 bits per heavy atom. The van der Waals surface area contributed by atoms with E-state index >= 15 is 0 Å². The maximum absolute atomic E-state index is 13.0. The number of hydrogen-bond acceptors (Lipinski definition) is 9. The number of benzene rings is 3. The van der Waals surface area contributed by atoms with Crippen molar-refractivity contribution in [3.63, 3.8) is 0 Å². The van der Waals surface area contributed by atoms with Crippen LogP contribution in [0.15, 0.2) is 88.3 Å². The van der Waals surface area contributed by atoms with Crippen LogP contribution in [0.3, 0.4) is 0 Å². The molecule has 256 valence electrons. The molecule has 0 fully saturated rings. The highest BCUT2D eigenvalue weighted by molar-refractivity contribution is 7.72. The number of aliphatic hydroxyl groups is 2.